The molecule has 2 heteroatoms. The van der Waals surface area contributed by atoms with Crippen LogP contribution in [0.1, 0.15) is 24.5 Å². The molecule has 0 N–H and O–H groups in total. The summed E-state index contributed by atoms with van der Waals surface area (Å²) in [5, 5.41) is 3.85. The third-order valence-electron chi connectivity index (χ3n) is 5.65. The Labute approximate surface area is 152 Å². The first-order valence-electron chi connectivity index (χ1n) is 9.30. The maximum absolute atomic E-state index is 13.4. The van der Waals surface area contributed by atoms with Gasteiger partial charge in [-0.05, 0) is 77.4 Å². The van der Waals surface area contributed by atoms with Crippen LogP contribution in [0.3, 0.4) is 0 Å². The first-order chi connectivity index (χ1) is 12.7. The van der Waals surface area contributed by atoms with E-state index in [4.69, 9.17) is 4.98 Å². The molecule has 0 bridgehead atoms. The van der Waals surface area contributed by atoms with Crippen molar-refractivity contribution in [2.24, 2.45) is 5.92 Å². The zero-order chi connectivity index (χ0) is 17.7. The van der Waals surface area contributed by atoms with Crippen LogP contribution < -0.4 is 0 Å². The molecule has 0 amide bonds. The Bertz CT molecular complexity index is 1130. The Hall–Kier alpha value is -2.74. The predicted octanol–water partition coefficient (Wildman–Crippen LogP) is 6.32. The summed E-state index contributed by atoms with van der Waals surface area (Å²) in [5.74, 6) is 0.443. The van der Waals surface area contributed by atoms with Crippen molar-refractivity contribution < 1.29 is 4.39 Å². The Kier molecular flexibility index (Phi) is 3.53. The molecule has 0 saturated heterocycles. The highest BCUT2D eigenvalue weighted by molar-refractivity contribution is 6.09. The van der Waals surface area contributed by atoms with Crippen LogP contribution in [0.25, 0.3) is 32.9 Å². The Morgan fingerprint density at radius 1 is 0.923 bits per heavy atom. The van der Waals surface area contributed by atoms with Crippen molar-refractivity contribution in [3.63, 3.8) is 0 Å². The molecule has 1 aliphatic carbocycles. The highest BCUT2D eigenvalue weighted by Gasteiger charge is 2.23. The molecule has 0 spiro atoms. The molecule has 1 aliphatic rings. The molecule has 1 aromatic heterocycles. The molecule has 128 valence electrons. The number of hydrogen-bond acceptors (Lipinski definition) is 1. The number of pyridine rings is 1. The van der Waals surface area contributed by atoms with Crippen molar-refractivity contribution in [1.82, 2.24) is 4.98 Å². The maximum atomic E-state index is 13.4. The van der Waals surface area contributed by atoms with E-state index in [-0.39, 0.29) is 5.82 Å². The van der Waals surface area contributed by atoms with Crippen molar-refractivity contribution in [1.29, 1.82) is 0 Å². The smallest absolute Gasteiger partial charge is 0.123 e. The van der Waals surface area contributed by atoms with Gasteiger partial charge in [0.05, 0.1) is 11.2 Å². The number of fused-ring (bicyclic) bond motifs is 5. The van der Waals surface area contributed by atoms with Gasteiger partial charge in [-0.2, -0.15) is 0 Å². The molecule has 5 rings (SSSR count). The van der Waals surface area contributed by atoms with Gasteiger partial charge in [0.25, 0.3) is 0 Å². The van der Waals surface area contributed by atoms with Crippen LogP contribution in [-0.2, 0) is 12.8 Å². The molecule has 1 unspecified atom stereocenters. The number of rotatable bonds is 1. The molecule has 1 heterocycles. The van der Waals surface area contributed by atoms with E-state index in [1.54, 1.807) is 0 Å². The minimum absolute atomic E-state index is 0.206. The molecule has 0 fully saturated rings. The number of aryl methyl sites for hydroxylation is 1. The van der Waals surface area contributed by atoms with E-state index in [1.165, 1.54) is 45.8 Å². The minimum Gasteiger partial charge on any atom is -0.247 e. The van der Waals surface area contributed by atoms with E-state index in [9.17, 15) is 4.39 Å². The van der Waals surface area contributed by atoms with Crippen LogP contribution in [0.2, 0.25) is 0 Å². The standard InChI is InChI=1S/C24H20FN/c1-15-6-12-20-21(14-15)24(17-7-10-18(25)11-8-17)26-22-13-9-16-4-2-3-5-19(16)23(20)22/h2-5,7-11,13,15H,6,12,14H2,1H3. The number of hydrogen-bond donors (Lipinski definition) is 0. The normalized spacial score (nSPS) is 16.8. The lowest BCUT2D eigenvalue weighted by atomic mass is 9.80. The highest BCUT2D eigenvalue weighted by atomic mass is 19.1. The van der Waals surface area contributed by atoms with E-state index >= 15 is 0 Å². The first-order valence-corrected chi connectivity index (χ1v) is 9.30. The van der Waals surface area contributed by atoms with Crippen LogP contribution >= 0.6 is 0 Å². The van der Waals surface area contributed by atoms with Crippen LogP contribution in [-0.4, -0.2) is 4.98 Å². The first kappa shape index (κ1) is 15.5. The van der Waals surface area contributed by atoms with Gasteiger partial charge < -0.3 is 0 Å². The fourth-order valence-electron chi connectivity index (χ4n) is 4.34. The number of aromatic nitrogens is 1. The third kappa shape index (κ3) is 2.40. The zero-order valence-corrected chi connectivity index (χ0v) is 14.8. The largest absolute Gasteiger partial charge is 0.247 e. The summed E-state index contributed by atoms with van der Waals surface area (Å²) in [6.07, 6.45) is 3.32. The fourth-order valence-corrected chi connectivity index (χ4v) is 4.34. The molecule has 3 aromatic carbocycles. The van der Waals surface area contributed by atoms with Gasteiger partial charge in [-0.1, -0.05) is 37.3 Å². The topological polar surface area (TPSA) is 12.9 Å². The Morgan fingerprint density at radius 3 is 2.58 bits per heavy atom. The maximum Gasteiger partial charge on any atom is 0.123 e. The second kappa shape index (κ2) is 5.91. The molecule has 1 nitrogen and oxygen atoms in total. The molecule has 0 radical (unpaired) electrons. The lowest BCUT2D eigenvalue weighted by Crippen LogP contribution is -2.14. The van der Waals surface area contributed by atoms with E-state index < -0.39 is 0 Å². The summed E-state index contributed by atoms with van der Waals surface area (Å²) in [5.41, 5.74) is 5.85. The van der Waals surface area contributed by atoms with Gasteiger partial charge in [0.1, 0.15) is 5.82 Å². The molecule has 0 aliphatic heterocycles. The predicted molar refractivity (Wildman–Crippen MR) is 106 cm³/mol. The lowest BCUT2D eigenvalue weighted by molar-refractivity contribution is 0.503. The van der Waals surface area contributed by atoms with E-state index in [0.717, 1.165) is 29.6 Å². The van der Waals surface area contributed by atoms with Crippen molar-refractivity contribution in [3.05, 3.63) is 77.6 Å². The summed E-state index contributed by atoms with van der Waals surface area (Å²) in [6.45, 7) is 2.31. The number of halogens is 1. The summed E-state index contributed by atoms with van der Waals surface area (Å²) < 4.78 is 13.4. The van der Waals surface area contributed by atoms with E-state index in [1.807, 2.05) is 12.1 Å². The number of nitrogens with zero attached hydrogens (tertiary/aromatic N) is 1. The monoisotopic (exact) mass is 341 g/mol. The molecule has 1 atom stereocenters. The number of benzene rings is 3. The molecule has 26 heavy (non-hydrogen) atoms. The van der Waals surface area contributed by atoms with Gasteiger partial charge in [0, 0.05) is 10.9 Å². The minimum atomic E-state index is -0.206. The summed E-state index contributed by atoms with van der Waals surface area (Å²) in [6, 6.07) is 19.6. The SMILES string of the molecule is CC1CCc2c(c(-c3ccc(F)cc3)nc3ccc4ccccc4c23)C1. The van der Waals surface area contributed by atoms with E-state index in [2.05, 4.69) is 43.3 Å². The van der Waals surface area contributed by atoms with Gasteiger partial charge in [0.15, 0.2) is 0 Å². The summed E-state index contributed by atoms with van der Waals surface area (Å²) >= 11 is 0. The zero-order valence-electron chi connectivity index (χ0n) is 14.8. The van der Waals surface area contributed by atoms with Crippen LogP contribution in [0.5, 0.6) is 0 Å². The average Bonchev–Trinajstić information content (AvgIpc) is 2.67. The van der Waals surface area contributed by atoms with Crippen LogP contribution in [0, 0.1) is 11.7 Å². The quantitative estimate of drug-likeness (QED) is 0.369. The van der Waals surface area contributed by atoms with Crippen molar-refractivity contribution >= 4 is 21.7 Å². The Morgan fingerprint density at radius 2 is 1.73 bits per heavy atom. The van der Waals surface area contributed by atoms with Crippen molar-refractivity contribution in [2.75, 3.05) is 0 Å². The highest BCUT2D eigenvalue weighted by Crippen LogP contribution is 2.39. The summed E-state index contributed by atoms with van der Waals surface area (Å²) in [7, 11) is 0. The lowest BCUT2D eigenvalue weighted by Gasteiger charge is -2.26. The van der Waals surface area contributed by atoms with Gasteiger partial charge in [0.2, 0.25) is 0 Å². The van der Waals surface area contributed by atoms with Gasteiger partial charge in [-0.3, -0.25) is 0 Å². The van der Waals surface area contributed by atoms with Gasteiger partial charge >= 0.3 is 0 Å². The van der Waals surface area contributed by atoms with E-state index in [0.29, 0.717) is 5.92 Å². The average molecular weight is 341 g/mol. The van der Waals surface area contributed by atoms with Crippen LogP contribution in [0.4, 0.5) is 4.39 Å². The third-order valence-corrected chi connectivity index (χ3v) is 5.65. The van der Waals surface area contributed by atoms with Gasteiger partial charge in [-0.25, -0.2) is 9.37 Å². The molecule has 4 aromatic rings. The Balaban J connectivity index is 1.88. The molecular weight excluding hydrogens is 321 g/mol. The van der Waals surface area contributed by atoms with Crippen molar-refractivity contribution in [2.45, 2.75) is 26.2 Å². The summed E-state index contributed by atoms with van der Waals surface area (Å²) in [4.78, 5) is 5.05. The fraction of sp³-hybridized carbons (Fsp3) is 0.208. The molecular formula is C24H20FN. The molecule has 0 saturated carbocycles. The van der Waals surface area contributed by atoms with Crippen LogP contribution in [0.15, 0.2) is 60.7 Å². The second-order valence-electron chi connectivity index (χ2n) is 7.45. The van der Waals surface area contributed by atoms with Gasteiger partial charge in [-0.15, -0.1) is 0 Å². The van der Waals surface area contributed by atoms with Crippen molar-refractivity contribution in [3.8, 4) is 11.3 Å². The second-order valence-corrected chi connectivity index (χ2v) is 7.45.